The molecular weight excluding hydrogens is 516 g/mol. The minimum absolute atomic E-state index is 0.114. The number of phenols is 1. The van der Waals surface area contributed by atoms with Crippen molar-refractivity contribution in [3.05, 3.63) is 148 Å². The van der Waals surface area contributed by atoms with Gasteiger partial charge in [-0.25, -0.2) is 0 Å². The van der Waals surface area contributed by atoms with Crippen LogP contribution in [0.5, 0.6) is 5.75 Å². The Morgan fingerprint density at radius 2 is 0.762 bits per heavy atom. The minimum atomic E-state index is 0.114. The van der Waals surface area contributed by atoms with E-state index in [-0.39, 0.29) is 5.75 Å². The zero-order chi connectivity index (χ0) is 28.8. The van der Waals surface area contributed by atoms with Gasteiger partial charge in [0.2, 0.25) is 0 Å². The molecule has 0 radical (unpaired) electrons. The molecule has 42 heavy (non-hydrogen) atoms. The zero-order valence-electron chi connectivity index (χ0n) is 23.6. The van der Waals surface area contributed by atoms with Crippen LogP contribution in [-0.4, -0.2) is 28.0 Å². The molecule has 2 aliphatic carbocycles. The summed E-state index contributed by atoms with van der Waals surface area (Å²) in [5.74, 6) is 0.114. The van der Waals surface area contributed by atoms with Crippen LogP contribution < -0.4 is 0 Å². The fraction of sp³-hybridized carbons (Fsp3) is 0.0811. The van der Waals surface area contributed by atoms with E-state index >= 15 is 0 Å². The van der Waals surface area contributed by atoms with Crippen LogP contribution in [0.1, 0.15) is 52.8 Å². The van der Waals surface area contributed by atoms with Crippen molar-refractivity contribution in [2.45, 2.75) is 20.8 Å². The van der Waals surface area contributed by atoms with Gasteiger partial charge in [-0.1, -0.05) is 97.1 Å². The van der Waals surface area contributed by atoms with Crippen LogP contribution >= 0.6 is 0 Å². The molecule has 1 N–H and O–H groups in total. The first-order valence-electron chi connectivity index (χ1n) is 14.0. The van der Waals surface area contributed by atoms with E-state index in [2.05, 4.69) is 58.7 Å². The molecule has 0 unspecified atom stereocenters. The normalized spacial score (nSPS) is 13.4. The van der Waals surface area contributed by atoms with Crippen molar-refractivity contribution in [2.75, 3.05) is 0 Å². The molecule has 0 amide bonds. The standard InChI is InChI=1S/C37H28N4O/c1-22-20-33(23(2)38-40-35-29-16-8-4-12-25(29)26-13-5-9-17-30(26)35)37(42)34(21-22)24(3)39-41-36-31-18-10-6-14-27(31)28-15-7-11-19-32(28)36/h4-21,42H,1-3H3. The number of nitrogens with zero attached hydrogens (tertiary/aromatic N) is 4. The predicted molar refractivity (Wildman–Crippen MR) is 172 cm³/mol. The molecule has 0 aliphatic heterocycles. The zero-order valence-corrected chi connectivity index (χ0v) is 23.6. The molecule has 0 atom stereocenters. The summed E-state index contributed by atoms with van der Waals surface area (Å²) in [6, 6.07) is 36.8. The molecule has 0 saturated carbocycles. The number of hydrogen-bond acceptors (Lipinski definition) is 5. The van der Waals surface area contributed by atoms with Gasteiger partial charge in [-0.05, 0) is 60.7 Å². The summed E-state index contributed by atoms with van der Waals surface area (Å²) in [6.07, 6.45) is 0. The molecule has 0 spiro atoms. The van der Waals surface area contributed by atoms with Gasteiger partial charge in [-0.15, -0.1) is 10.2 Å². The average molecular weight is 545 g/mol. The van der Waals surface area contributed by atoms with E-state index in [0.717, 1.165) is 61.5 Å². The third-order valence-electron chi connectivity index (χ3n) is 7.94. The summed E-state index contributed by atoms with van der Waals surface area (Å²) in [5, 5.41) is 30.0. The van der Waals surface area contributed by atoms with Gasteiger partial charge in [0.05, 0.1) is 11.4 Å². The Kier molecular flexibility index (Phi) is 6.20. The van der Waals surface area contributed by atoms with Crippen molar-refractivity contribution in [1.82, 2.24) is 0 Å². The topological polar surface area (TPSA) is 69.7 Å². The molecule has 5 aromatic carbocycles. The van der Waals surface area contributed by atoms with Gasteiger partial charge in [0.25, 0.3) is 0 Å². The highest BCUT2D eigenvalue weighted by atomic mass is 16.3. The highest BCUT2D eigenvalue weighted by Crippen LogP contribution is 2.38. The van der Waals surface area contributed by atoms with Crippen LogP contribution in [-0.2, 0) is 0 Å². The SMILES string of the molecule is CC(=NN=C1c2ccccc2-c2ccccc21)c1cc(C)cc(C(C)=NN=C2c3ccccc3-c3ccccc32)c1O. The number of fused-ring (bicyclic) bond motifs is 6. The summed E-state index contributed by atoms with van der Waals surface area (Å²) in [6.45, 7) is 5.74. The summed E-state index contributed by atoms with van der Waals surface area (Å²) in [7, 11) is 0. The summed E-state index contributed by atoms with van der Waals surface area (Å²) < 4.78 is 0. The number of aromatic hydroxyl groups is 1. The molecule has 5 heteroatoms. The van der Waals surface area contributed by atoms with E-state index in [9.17, 15) is 5.11 Å². The quantitative estimate of drug-likeness (QED) is 0.176. The van der Waals surface area contributed by atoms with Crippen LogP contribution in [0.4, 0.5) is 0 Å². The Morgan fingerprint density at radius 3 is 1.07 bits per heavy atom. The first-order chi connectivity index (χ1) is 20.5. The highest BCUT2D eigenvalue weighted by molar-refractivity contribution is 6.25. The maximum Gasteiger partial charge on any atom is 0.133 e. The summed E-state index contributed by atoms with van der Waals surface area (Å²) >= 11 is 0. The lowest BCUT2D eigenvalue weighted by Gasteiger charge is -2.11. The van der Waals surface area contributed by atoms with Crippen molar-refractivity contribution in [2.24, 2.45) is 20.4 Å². The van der Waals surface area contributed by atoms with Crippen molar-refractivity contribution in [3.8, 4) is 28.0 Å². The fourth-order valence-corrected chi connectivity index (χ4v) is 5.89. The van der Waals surface area contributed by atoms with E-state index < -0.39 is 0 Å². The molecular formula is C37H28N4O. The van der Waals surface area contributed by atoms with Crippen LogP contribution in [0.2, 0.25) is 0 Å². The lowest BCUT2D eigenvalue weighted by molar-refractivity contribution is 0.472. The summed E-state index contributed by atoms with van der Waals surface area (Å²) in [5.41, 5.74) is 14.0. The van der Waals surface area contributed by atoms with E-state index in [4.69, 9.17) is 10.2 Å². The Balaban J connectivity index is 1.27. The van der Waals surface area contributed by atoms with Crippen LogP contribution in [0, 0.1) is 6.92 Å². The van der Waals surface area contributed by atoms with Gasteiger partial charge >= 0.3 is 0 Å². The molecule has 202 valence electrons. The Labute approximate surface area is 245 Å². The van der Waals surface area contributed by atoms with Crippen molar-refractivity contribution >= 4 is 22.8 Å². The Bertz CT molecular complexity index is 1790. The first-order valence-corrected chi connectivity index (χ1v) is 14.0. The molecule has 5 nitrogen and oxygen atoms in total. The second-order valence-electron chi connectivity index (χ2n) is 10.7. The van der Waals surface area contributed by atoms with E-state index in [1.807, 2.05) is 81.4 Å². The molecule has 0 saturated heterocycles. The van der Waals surface area contributed by atoms with Gasteiger partial charge in [0.1, 0.15) is 17.2 Å². The van der Waals surface area contributed by atoms with E-state index in [1.165, 1.54) is 0 Å². The Morgan fingerprint density at radius 1 is 0.476 bits per heavy atom. The van der Waals surface area contributed by atoms with Crippen LogP contribution in [0.25, 0.3) is 22.3 Å². The molecule has 0 heterocycles. The third-order valence-corrected chi connectivity index (χ3v) is 7.94. The molecule has 0 aromatic heterocycles. The van der Waals surface area contributed by atoms with Crippen LogP contribution in [0.15, 0.2) is 130 Å². The van der Waals surface area contributed by atoms with Gasteiger partial charge in [-0.2, -0.15) is 10.2 Å². The number of benzene rings is 5. The Hall–Kier alpha value is -5.42. The highest BCUT2D eigenvalue weighted by Gasteiger charge is 2.25. The maximum absolute atomic E-state index is 11.4. The maximum atomic E-state index is 11.4. The van der Waals surface area contributed by atoms with E-state index in [0.29, 0.717) is 22.6 Å². The molecule has 0 bridgehead atoms. The average Bonchev–Trinajstić information content (AvgIpc) is 3.52. The second-order valence-corrected chi connectivity index (χ2v) is 10.7. The van der Waals surface area contributed by atoms with Gasteiger partial charge in [0, 0.05) is 33.4 Å². The largest absolute Gasteiger partial charge is 0.507 e. The number of phenolic OH excluding ortho intramolecular Hbond substituents is 1. The monoisotopic (exact) mass is 544 g/mol. The lowest BCUT2D eigenvalue weighted by Crippen LogP contribution is -2.04. The van der Waals surface area contributed by atoms with Crippen LogP contribution in [0.3, 0.4) is 0 Å². The van der Waals surface area contributed by atoms with Gasteiger partial charge in [0.15, 0.2) is 0 Å². The number of aryl methyl sites for hydroxylation is 1. The van der Waals surface area contributed by atoms with Crippen molar-refractivity contribution in [3.63, 3.8) is 0 Å². The van der Waals surface area contributed by atoms with Gasteiger partial charge in [-0.3, -0.25) is 0 Å². The van der Waals surface area contributed by atoms with Crippen molar-refractivity contribution in [1.29, 1.82) is 0 Å². The predicted octanol–water partition coefficient (Wildman–Crippen LogP) is 8.18. The number of rotatable bonds is 4. The fourth-order valence-electron chi connectivity index (χ4n) is 5.89. The second kappa shape index (κ2) is 10.2. The van der Waals surface area contributed by atoms with E-state index in [1.54, 1.807) is 0 Å². The van der Waals surface area contributed by atoms with Crippen molar-refractivity contribution < 1.29 is 5.11 Å². The molecule has 0 fully saturated rings. The summed E-state index contributed by atoms with van der Waals surface area (Å²) in [4.78, 5) is 0. The smallest absolute Gasteiger partial charge is 0.133 e. The van der Waals surface area contributed by atoms with Gasteiger partial charge < -0.3 is 5.11 Å². The minimum Gasteiger partial charge on any atom is -0.507 e. The molecule has 2 aliphatic rings. The number of hydrogen-bond donors (Lipinski definition) is 1. The molecule has 7 rings (SSSR count). The third kappa shape index (κ3) is 4.18. The lowest BCUT2D eigenvalue weighted by atomic mass is 9.99. The molecule has 5 aromatic rings. The first kappa shape index (κ1) is 25.5.